The van der Waals surface area contributed by atoms with Crippen molar-refractivity contribution in [3.63, 3.8) is 0 Å². The van der Waals surface area contributed by atoms with Crippen molar-refractivity contribution in [2.45, 2.75) is 82.4 Å². The van der Waals surface area contributed by atoms with Crippen LogP contribution in [0.2, 0.25) is 0 Å². The number of esters is 1. The summed E-state index contributed by atoms with van der Waals surface area (Å²) in [5, 5.41) is 9.93. The first-order valence-electron chi connectivity index (χ1n) is 15.4. The van der Waals surface area contributed by atoms with Crippen LogP contribution in [0.1, 0.15) is 58.1 Å². The lowest BCUT2D eigenvalue weighted by atomic mass is 9.74. The maximum absolute atomic E-state index is 14.5. The second kappa shape index (κ2) is 12.6. The molecule has 0 aromatic heterocycles. The number of likely N-dealkylation sites (tertiary alicyclic amines) is 1. The maximum Gasteiger partial charge on any atom is 0.313 e. The molecule has 4 heterocycles. The van der Waals surface area contributed by atoms with Gasteiger partial charge in [-0.15, -0.1) is 0 Å². The smallest absolute Gasteiger partial charge is 0.313 e. The Kier molecular flexibility index (Phi) is 9.08. The zero-order valence-electron chi connectivity index (χ0n) is 25.4. The summed E-state index contributed by atoms with van der Waals surface area (Å²) in [5.74, 6) is -3.35. The lowest BCUT2D eigenvalue weighted by molar-refractivity contribution is -0.164. The van der Waals surface area contributed by atoms with Gasteiger partial charge in [-0.05, 0) is 32.3 Å². The lowest BCUT2D eigenvalue weighted by Gasteiger charge is -2.38. The summed E-state index contributed by atoms with van der Waals surface area (Å²) in [6.45, 7) is 5.78. The van der Waals surface area contributed by atoms with Crippen LogP contribution in [0.15, 0.2) is 54.6 Å². The highest BCUT2D eigenvalue weighted by molar-refractivity contribution is 5.99. The lowest BCUT2D eigenvalue weighted by Crippen LogP contribution is -2.57. The number of fused-ring (bicyclic) bond motifs is 2. The molecule has 43 heavy (non-hydrogen) atoms. The van der Waals surface area contributed by atoms with Crippen molar-refractivity contribution < 1.29 is 33.8 Å². The molecule has 3 amide bonds. The maximum atomic E-state index is 14.5. The highest BCUT2D eigenvalue weighted by atomic mass is 16.6. The molecular formula is C33H43N3O7. The molecule has 4 aliphatic heterocycles. The Morgan fingerprint density at radius 3 is 2.53 bits per heavy atom. The van der Waals surface area contributed by atoms with Gasteiger partial charge in [0.15, 0.2) is 0 Å². The van der Waals surface area contributed by atoms with Gasteiger partial charge in [-0.25, -0.2) is 0 Å². The normalized spacial score (nSPS) is 34.5. The molecule has 5 rings (SSSR count). The number of aliphatic hydroxyl groups excluding tert-OH is 1. The minimum Gasteiger partial charge on any atom is -0.455 e. The molecule has 1 N–H and O–H groups in total. The van der Waals surface area contributed by atoms with Gasteiger partial charge in [-0.3, -0.25) is 19.2 Å². The number of likely N-dealkylation sites (N-methyl/N-ethyl adjacent to an activating group) is 1. The van der Waals surface area contributed by atoms with Crippen LogP contribution in [0.5, 0.6) is 0 Å². The fourth-order valence-corrected chi connectivity index (χ4v) is 7.19. The van der Waals surface area contributed by atoms with Crippen molar-refractivity contribution in [3.8, 4) is 0 Å². The fourth-order valence-electron chi connectivity index (χ4n) is 7.19. The van der Waals surface area contributed by atoms with Gasteiger partial charge in [0.2, 0.25) is 17.7 Å². The number of allylic oxidation sites excluding steroid dienone is 1. The van der Waals surface area contributed by atoms with Crippen molar-refractivity contribution in [1.82, 2.24) is 14.7 Å². The van der Waals surface area contributed by atoms with Crippen molar-refractivity contribution in [2.24, 2.45) is 11.8 Å². The summed E-state index contributed by atoms with van der Waals surface area (Å²) in [4.78, 5) is 60.6. The Labute approximate surface area is 253 Å². The van der Waals surface area contributed by atoms with Crippen molar-refractivity contribution in [2.75, 3.05) is 26.7 Å². The van der Waals surface area contributed by atoms with Crippen LogP contribution in [0, 0.1) is 11.8 Å². The van der Waals surface area contributed by atoms with E-state index in [1.807, 2.05) is 56.3 Å². The SMILES string of the molecule is CCCC(C)N1C/C=C\CCC(=O)N(C)[C@@H](C)[C@H](c2ccccc2)OC(=O)[C@@H]2[C@H]3C(=O)N(CCO)[C@H](C1=O)[C@]31C=C[C@H]2O1. The summed E-state index contributed by atoms with van der Waals surface area (Å²) >= 11 is 0. The van der Waals surface area contributed by atoms with E-state index in [4.69, 9.17) is 9.47 Å². The van der Waals surface area contributed by atoms with Crippen LogP contribution in [0.3, 0.4) is 0 Å². The summed E-state index contributed by atoms with van der Waals surface area (Å²) in [6, 6.07) is 7.60. The number of carbonyl (C=O) groups is 4. The zero-order valence-corrected chi connectivity index (χ0v) is 25.4. The third-order valence-electron chi connectivity index (χ3n) is 9.55. The Morgan fingerprint density at radius 1 is 1.09 bits per heavy atom. The van der Waals surface area contributed by atoms with Crippen LogP contribution in [0.4, 0.5) is 0 Å². The molecule has 2 fully saturated rings. The van der Waals surface area contributed by atoms with Crippen molar-refractivity contribution in [3.05, 3.63) is 60.2 Å². The first kappa shape index (κ1) is 30.9. The highest BCUT2D eigenvalue weighted by Gasteiger charge is 2.73. The zero-order chi connectivity index (χ0) is 30.9. The molecule has 10 heteroatoms. The van der Waals surface area contributed by atoms with E-state index in [1.54, 1.807) is 29.0 Å². The monoisotopic (exact) mass is 593 g/mol. The van der Waals surface area contributed by atoms with E-state index in [2.05, 4.69) is 6.92 Å². The van der Waals surface area contributed by atoms with Crippen LogP contribution in [-0.2, 0) is 28.7 Å². The van der Waals surface area contributed by atoms with Crippen molar-refractivity contribution >= 4 is 23.7 Å². The van der Waals surface area contributed by atoms with Crippen LogP contribution in [-0.4, -0.2) is 100 Å². The van der Waals surface area contributed by atoms with Crippen molar-refractivity contribution in [1.29, 1.82) is 0 Å². The molecule has 0 saturated carbocycles. The molecule has 5 bridgehead atoms. The largest absolute Gasteiger partial charge is 0.455 e. The number of β-amino-alcohol motifs (C(OH)–C–C–N with tert-alkyl or cyclic N) is 1. The van der Waals surface area contributed by atoms with Gasteiger partial charge in [-0.1, -0.05) is 68.0 Å². The summed E-state index contributed by atoms with van der Waals surface area (Å²) in [7, 11) is 1.71. The van der Waals surface area contributed by atoms with Crippen LogP contribution in [0.25, 0.3) is 0 Å². The standard InChI is InChI=1S/C33H43N3O7/c1-5-12-21(2)35-18-11-7-10-15-25(38)34(4)22(3)28(23-13-8-6-9-14-23)42-32(41)26-24-16-17-33(43-24)27(26)30(39)36(19-20-37)29(33)31(35)40/h6-9,11,13-14,16-17,21-22,24,26-29,37H,5,10,12,15,18-20H2,1-4H3/b11-7-/t21?,22-,24+,26-,27-,28+,29+,33-/m0/s1. The molecule has 4 aliphatic rings. The Balaban J connectivity index is 1.59. The van der Waals surface area contributed by atoms with E-state index in [1.165, 1.54) is 4.90 Å². The van der Waals surface area contributed by atoms with Gasteiger partial charge in [0.1, 0.15) is 23.7 Å². The first-order valence-corrected chi connectivity index (χ1v) is 15.4. The third-order valence-corrected chi connectivity index (χ3v) is 9.55. The molecule has 1 spiro atoms. The molecule has 10 nitrogen and oxygen atoms in total. The number of cyclic esters (lactones) is 1. The number of benzene rings is 1. The fraction of sp³-hybridized carbons (Fsp3) is 0.576. The first-order chi connectivity index (χ1) is 20.7. The molecule has 2 saturated heterocycles. The van der Waals surface area contributed by atoms with E-state index in [0.717, 1.165) is 18.4 Å². The van der Waals surface area contributed by atoms with E-state index in [9.17, 15) is 24.3 Å². The summed E-state index contributed by atoms with van der Waals surface area (Å²) < 4.78 is 12.7. The van der Waals surface area contributed by atoms with E-state index in [0.29, 0.717) is 13.0 Å². The van der Waals surface area contributed by atoms with E-state index in [-0.39, 0.29) is 37.4 Å². The number of hydrogen-bond donors (Lipinski definition) is 1. The number of nitrogens with zero attached hydrogens (tertiary/aromatic N) is 3. The van der Waals surface area contributed by atoms with Gasteiger partial charge >= 0.3 is 5.97 Å². The number of hydrogen-bond acceptors (Lipinski definition) is 7. The molecule has 0 aliphatic carbocycles. The Hall–Kier alpha value is -3.50. The molecular weight excluding hydrogens is 550 g/mol. The van der Waals surface area contributed by atoms with Crippen LogP contribution >= 0.6 is 0 Å². The second-order valence-electron chi connectivity index (χ2n) is 12.1. The number of amides is 3. The Bertz CT molecular complexity index is 1280. The summed E-state index contributed by atoms with van der Waals surface area (Å²) in [6.07, 6.45) is 8.15. The average Bonchev–Trinajstić information content (AvgIpc) is 3.64. The van der Waals surface area contributed by atoms with Gasteiger partial charge < -0.3 is 29.3 Å². The number of carbonyl (C=O) groups excluding carboxylic acids is 4. The number of ether oxygens (including phenoxy) is 2. The van der Waals surface area contributed by atoms with Gasteiger partial charge in [0.05, 0.1) is 24.7 Å². The van der Waals surface area contributed by atoms with Gasteiger partial charge in [-0.2, -0.15) is 0 Å². The quantitative estimate of drug-likeness (QED) is 0.398. The predicted octanol–water partition coefficient (Wildman–Crippen LogP) is 2.63. The van der Waals surface area contributed by atoms with E-state index >= 15 is 0 Å². The average molecular weight is 594 g/mol. The topological polar surface area (TPSA) is 117 Å². The van der Waals surface area contributed by atoms with Crippen LogP contribution < -0.4 is 0 Å². The Morgan fingerprint density at radius 2 is 1.84 bits per heavy atom. The number of aliphatic hydroxyl groups is 1. The highest BCUT2D eigenvalue weighted by Crippen LogP contribution is 2.56. The molecule has 1 aromatic carbocycles. The molecule has 8 atom stereocenters. The molecule has 232 valence electrons. The van der Waals surface area contributed by atoms with Gasteiger partial charge in [0.25, 0.3) is 0 Å². The minimum atomic E-state index is -1.35. The van der Waals surface area contributed by atoms with Gasteiger partial charge in [0, 0.05) is 32.6 Å². The second-order valence-corrected chi connectivity index (χ2v) is 12.1. The molecule has 1 unspecified atom stereocenters. The molecule has 1 aromatic rings. The third kappa shape index (κ3) is 5.40. The predicted molar refractivity (Wildman–Crippen MR) is 158 cm³/mol. The minimum absolute atomic E-state index is 0.0560. The van der Waals surface area contributed by atoms with E-state index < -0.39 is 53.6 Å². The summed E-state index contributed by atoms with van der Waals surface area (Å²) in [5.41, 5.74) is -0.622. The number of rotatable bonds is 6. The molecule has 0 radical (unpaired) electrons.